The lowest BCUT2D eigenvalue weighted by Gasteiger charge is -2.54. The van der Waals surface area contributed by atoms with Crippen LogP contribution in [0, 0.1) is 11.3 Å². The van der Waals surface area contributed by atoms with E-state index in [-0.39, 0.29) is 11.4 Å². The van der Waals surface area contributed by atoms with Gasteiger partial charge in [0.05, 0.1) is 0 Å². The van der Waals surface area contributed by atoms with E-state index in [2.05, 4.69) is 25.0 Å². The van der Waals surface area contributed by atoms with Gasteiger partial charge in [0, 0.05) is 45.8 Å². The van der Waals surface area contributed by atoms with Crippen LogP contribution >= 0.6 is 23.2 Å². The lowest BCUT2D eigenvalue weighted by molar-refractivity contribution is -0.0505. The van der Waals surface area contributed by atoms with Gasteiger partial charge in [-0.05, 0) is 47.8 Å². The van der Waals surface area contributed by atoms with E-state index < -0.39 is 0 Å². The van der Waals surface area contributed by atoms with E-state index in [1.807, 2.05) is 35.2 Å². The van der Waals surface area contributed by atoms with Gasteiger partial charge in [0.1, 0.15) is 6.61 Å². The van der Waals surface area contributed by atoms with E-state index >= 15 is 0 Å². The number of rotatable bonds is 5. The van der Waals surface area contributed by atoms with Crippen molar-refractivity contribution in [2.24, 2.45) is 11.3 Å². The summed E-state index contributed by atoms with van der Waals surface area (Å²) in [5.41, 5.74) is 1.36. The van der Waals surface area contributed by atoms with Crippen LogP contribution in [-0.4, -0.2) is 76.9 Å². The Kier molecular flexibility index (Phi) is 6.58. The van der Waals surface area contributed by atoms with Crippen LogP contribution in [0.4, 0.5) is 10.6 Å². The zero-order chi connectivity index (χ0) is 22.8. The van der Waals surface area contributed by atoms with Crippen molar-refractivity contribution in [1.82, 2.24) is 25.0 Å². The lowest BCUT2D eigenvalue weighted by Crippen LogP contribution is -2.61. The van der Waals surface area contributed by atoms with Crippen LogP contribution in [0.5, 0.6) is 0 Å². The second-order valence-electron chi connectivity index (χ2n) is 9.49. The Hall–Kier alpha value is -2.16. The molecule has 0 unspecified atom stereocenters. The van der Waals surface area contributed by atoms with Crippen LogP contribution in [0.3, 0.4) is 0 Å². The maximum atomic E-state index is 12.4. The number of piperidine rings is 1. The van der Waals surface area contributed by atoms with Crippen molar-refractivity contribution in [3.63, 3.8) is 0 Å². The number of carbonyl (C=O) groups excluding carboxylic acids is 1. The number of anilines is 1. The first-order valence-electron chi connectivity index (χ1n) is 11.5. The van der Waals surface area contributed by atoms with E-state index in [9.17, 15) is 4.79 Å². The topological polar surface area (TPSA) is 74.7 Å². The van der Waals surface area contributed by atoms with Gasteiger partial charge >= 0.3 is 6.09 Å². The summed E-state index contributed by atoms with van der Waals surface area (Å²) in [6.45, 7) is 6.98. The van der Waals surface area contributed by atoms with Gasteiger partial charge in [0.15, 0.2) is 11.0 Å². The van der Waals surface area contributed by atoms with Crippen molar-refractivity contribution >= 4 is 35.1 Å². The second kappa shape index (κ2) is 9.60. The first-order chi connectivity index (χ1) is 16.0. The molecule has 0 radical (unpaired) electrons. The summed E-state index contributed by atoms with van der Waals surface area (Å²) in [6, 6.07) is 9.81. The highest BCUT2D eigenvalue weighted by Crippen LogP contribution is 2.41. The van der Waals surface area contributed by atoms with Crippen molar-refractivity contribution in [3.8, 4) is 0 Å². The van der Waals surface area contributed by atoms with Gasteiger partial charge < -0.3 is 19.4 Å². The summed E-state index contributed by atoms with van der Waals surface area (Å²) in [6.07, 6.45) is 2.99. The Labute approximate surface area is 203 Å². The fraction of sp³-hybridized carbons (Fsp3) is 0.565. The molecule has 1 amide bonds. The monoisotopic (exact) mass is 490 g/mol. The number of amides is 1. The van der Waals surface area contributed by atoms with Gasteiger partial charge in [0.25, 0.3) is 0 Å². The molecule has 3 aliphatic heterocycles. The maximum Gasteiger partial charge on any atom is 0.410 e. The molecule has 2 aromatic rings. The van der Waals surface area contributed by atoms with Crippen molar-refractivity contribution in [1.29, 1.82) is 0 Å². The molecule has 176 valence electrons. The van der Waals surface area contributed by atoms with Crippen LogP contribution in [0.15, 0.2) is 30.3 Å². The van der Waals surface area contributed by atoms with E-state index in [4.69, 9.17) is 27.9 Å². The summed E-state index contributed by atoms with van der Waals surface area (Å²) < 4.78 is 5.50. The number of nitrogens with zero attached hydrogens (tertiary/aromatic N) is 6. The molecule has 1 atom stereocenters. The van der Waals surface area contributed by atoms with Crippen molar-refractivity contribution in [2.75, 3.05) is 50.7 Å². The van der Waals surface area contributed by atoms with Crippen molar-refractivity contribution in [2.45, 2.75) is 25.9 Å². The molecule has 1 aromatic carbocycles. The molecule has 1 spiro atoms. The van der Waals surface area contributed by atoms with Crippen LogP contribution in [0.1, 0.15) is 24.8 Å². The second-order valence-corrected chi connectivity index (χ2v) is 10.2. The Bertz CT molecular complexity index is 978. The van der Waals surface area contributed by atoms with Crippen LogP contribution in [-0.2, 0) is 11.3 Å². The molecular weight excluding hydrogens is 463 g/mol. The summed E-state index contributed by atoms with van der Waals surface area (Å²) in [4.78, 5) is 23.2. The highest BCUT2D eigenvalue weighted by molar-refractivity contribution is 6.32. The predicted octanol–water partition coefficient (Wildman–Crippen LogP) is 3.74. The molecule has 4 heterocycles. The highest BCUT2D eigenvalue weighted by atomic mass is 35.5. The van der Waals surface area contributed by atoms with E-state index in [1.54, 1.807) is 0 Å². The van der Waals surface area contributed by atoms with E-state index in [0.29, 0.717) is 28.9 Å². The summed E-state index contributed by atoms with van der Waals surface area (Å²) in [5, 5.41) is 7.99. The van der Waals surface area contributed by atoms with Gasteiger partial charge in [-0.2, -0.15) is 4.98 Å². The third-order valence-electron chi connectivity index (χ3n) is 7.11. The maximum absolute atomic E-state index is 12.4. The van der Waals surface area contributed by atoms with E-state index in [0.717, 1.165) is 70.6 Å². The standard InChI is InChI=1S/C23H28Cl2N6O2/c24-19-20(26-21(25)28-27-19)31-9-6-18(13-31)12-29-15-23(16-29)7-10-30(11-8-23)22(32)33-14-17-4-2-1-3-5-17/h1-5,18H,6-16H2/t18-/m0/s1. The number of carbonyl (C=O) groups is 1. The van der Waals surface area contributed by atoms with Crippen molar-refractivity contribution < 1.29 is 9.53 Å². The molecule has 8 nitrogen and oxygen atoms in total. The number of benzene rings is 1. The number of aromatic nitrogens is 3. The lowest BCUT2D eigenvalue weighted by atomic mass is 9.71. The van der Waals surface area contributed by atoms with Gasteiger partial charge in [-0.1, -0.05) is 41.9 Å². The van der Waals surface area contributed by atoms with Crippen LogP contribution in [0.25, 0.3) is 0 Å². The molecule has 10 heteroatoms. The van der Waals surface area contributed by atoms with Gasteiger partial charge in [-0.25, -0.2) is 4.79 Å². The number of ether oxygens (including phenoxy) is 1. The number of hydrogen-bond acceptors (Lipinski definition) is 7. The number of halogens is 2. The SMILES string of the molecule is O=C(OCc1ccccc1)N1CCC2(CC1)CN(C[C@@H]1CCN(c3nc(Cl)nnc3Cl)C1)C2. The zero-order valence-electron chi connectivity index (χ0n) is 18.5. The Morgan fingerprint density at radius 2 is 1.85 bits per heavy atom. The summed E-state index contributed by atoms with van der Waals surface area (Å²) in [5.74, 6) is 1.20. The Morgan fingerprint density at radius 1 is 1.09 bits per heavy atom. The van der Waals surface area contributed by atoms with Gasteiger partial charge in [-0.3, -0.25) is 0 Å². The first-order valence-corrected chi connectivity index (χ1v) is 12.2. The Morgan fingerprint density at radius 3 is 2.61 bits per heavy atom. The normalized spacial score (nSPS) is 22.4. The molecule has 3 aliphatic rings. The highest BCUT2D eigenvalue weighted by Gasteiger charge is 2.46. The number of hydrogen-bond donors (Lipinski definition) is 0. The summed E-state index contributed by atoms with van der Waals surface area (Å²) >= 11 is 12.1. The zero-order valence-corrected chi connectivity index (χ0v) is 20.0. The molecular formula is C23H28Cl2N6O2. The molecule has 3 saturated heterocycles. The molecule has 1 aromatic heterocycles. The van der Waals surface area contributed by atoms with Gasteiger partial charge in [-0.15, -0.1) is 10.2 Å². The Balaban J connectivity index is 1.04. The molecule has 0 saturated carbocycles. The van der Waals surface area contributed by atoms with E-state index in [1.165, 1.54) is 0 Å². The minimum Gasteiger partial charge on any atom is -0.445 e. The fourth-order valence-electron chi connectivity index (χ4n) is 5.35. The number of likely N-dealkylation sites (tertiary alicyclic amines) is 2. The molecule has 0 N–H and O–H groups in total. The third-order valence-corrected chi connectivity index (χ3v) is 7.51. The average molecular weight is 491 g/mol. The molecule has 0 bridgehead atoms. The minimum absolute atomic E-state index is 0.123. The average Bonchev–Trinajstić information content (AvgIpc) is 3.27. The van der Waals surface area contributed by atoms with Crippen LogP contribution in [0.2, 0.25) is 10.4 Å². The third kappa shape index (κ3) is 5.18. The van der Waals surface area contributed by atoms with Crippen LogP contribution < -0.4 is 4.90 Å². The minimum atomic E-state index is -0.200. The quantitative estimate of drug-likeness (QED) is 0.631. The van der Waals surface area contributed by atoms with Gasteiger partial charge in [0.2, 0.25) is 5.28 Å². The largest absolute Gasteiger partial charge is 0.445 e. The van der Waals surface area contributed by atoms with Crippen molar-refractivity contribution in [3.05, 3.63) is 46.3 Å². The molecule has 33 heavy (non-hydrogen) atoms. The molecule has 3 fully saturated rings. The predicted molar refractivity (Wildman–Crippen MR) is 126 cm³/mol. The molecule has 0 aliphatic carbocycles. The first kappa shape index (κ1) is 22.6. The smallest absolute Gasteiger partial charge is 0.410 e. The molecule has 5 rings (SSSR count). The summed E-state index contributed by atoms with van der Waals surface area (Å²) in [7, 11) is 0. The fourth-order valence-corrected chi connectivity index (χ4v) is 5.67.